The van der Waals surface area contributed by atoms with Crippen LogP contribution in [0.1, 0.15) is 61.8 Å². The van der Waals surface area contributed by atoms with Gasteiger partial charge in [-0.25, -0.2) is 4.39 Å². The van der Waals surface area contributed by atoms with Crippen LogP contribution in [-0.2, 0) is 17.8 Å². The van der Waals surface area contributed by atoms with Crippen molar-refractivity contribution in [2.75, 3.05) is 24.5 Å². The third-order valence-electron chi connectivity index (χ3n) is 9.43. The van der Waals surface area contributed by atoms with Gasteiger partial charge in [-0.05, 0) is 92.0 Å². The third-order valence-corrected chi connectivity index (χ3v) is 9.68. The van der Waals surface area contributed by atoms with E-state index >= 15 is 0 Å². The predicted octanol–water partition coefficient (Wildman–Crippen LogP) is 8.89. The van der Waals surface area contributed by atoms with Crippen LogP contribution in [0.25, 0.3) is 0 Å². The maximum absolute atomic E-state index is 14.6. The Morgan fingerprint density at radius 3 is 2.57 bits per heavy atom. The molecule has 2 atom stereocenters. The van der Waals surface area contributed by atoms with Crippen LogP contribution < -0.4 is 9.64 Å². The van der Waals surface area contributed by atoms with Crippen molar-refractivity contribution < 1.29 is 19.0 Å². The number of carbonyl (C=O) groups excluding carboxylic acids is 1. The highest BCUT2D eigenvalue weighted by Crippen LogP contribution is 2.38. The van der Waals surface area contributed by atoms with Crippen molar-refractivity contribution in [2.24, 2.45) is 5.92 Å². The Morgan fingerprint density at radius 1 is 1.04 bits per heavy atom. The van der Waals surface area contributed by atoms with Gasteiger partial charge in [-0.1, -0.05) is 78.4 Å². The van der Waals surface area contributed by atoms with Gasteiger partial charge in [-0.15, -0.1) is 0 Å². The topological polar surface area (TPSA) is 53.0 Å². The van der Waals surface area contributed by atoms with Crippen LogP contribution in [0, 0.1) is 11.7 Å². The Balaban J connectivity index is 1.19. The van der Waals surface area contributed by atoms with Gasteiger partial charge in [0, 0.05) is 54.4 Å². The first-order chi connectivity index (χ1) is 22.7. The number of ether oxygens (including phenoxy) is 1. The second-order valence-corrected chi connectivity index (χ2v) is 13.2. The molecule has 3 aromatic rings. The largest absolute Gasteiger partial charge is 0.453 e. The average Bonchev–Trinajstić information content (AvgIpc) is 3.07. The molecule has 3 heterocycles. The molecular weight excluding hydrogens is 611 g/mol. The number of aliphatic hydroxyl groups excluding tert-OH is 1. The Bertz CT molecular complexity index is 1720. The van der Waals surface area contributed by atoms with Crippen LogP contribution in [0.5, 0.6) is 5.75 Å². The predicted molar refractivity (Wildman–Crippen MR) is 187 cm³/mol. The van der Waals surface area contributed by atoms with E-state index < -0.39 is 11.9 Å². The number of carbonyl (C=O) groups is 1. The molecular formula is C40H42ClFN2O3. The molecule has 0 radical (unpaired) electrons. The van der Waals surface area contributed by atoms with Crippen LogP contribution in [0.2, 0.25) is 5.02 Å². The summed E-state index contributed by atoms with van der Waals surface area (Å²) in [4.78, 5) is 17.0. The van der Waals surface area contributed by atoms with Crippen LogP contribution in [0.4, 0.5) is 10.1 Å². The first kappa shape index (κ1) is 32.8. The zero-order valence-electron chi connectivity index (χ0n) is 26.9. The number of benzene rings is 3. The van der Waals surface area contributed by atoms with Gasteiger partial charge in [-0.3, -0.25) is 4.79 Å². The lowest BCUT2D eigenvalue weighted by molar-refractivity contribution is -0.133. The van der Waals surface area contributed by atoms with Crippen molar-refractivity contribution in [3.8, 4) is 5.75 Å². The lowest BCUT2D eigenvalue weighted by Gasteiger charge is -2.34. The average molecular weight is 653 g/mol. The molecule has 0 bridgehead atoms. The molecule has 47 heavy (non-hydrogen) atoms. The first-order valence-electron chi connectivity index (χ1n) is 16.5. The standard InChI is InChI=1S/C40H42ClFN2O3/c1-27(28(2)38-25-37(45)34-9-7-10-35(42)40(34)47-38)22-31(23-29-13-15-33(41)16-14-29)24-30-17-20-43(21-18-30)36-11-4-3-8-32(36)26-44-19-6-5-12-39(44)46/h3-4,7-11,13-16,22,24-25,31,37,45H,2,5-6,12,17-21,23,26H2,1H3/b27-22-/t31-,37?/m1/s1. The summed E-state index contributed by atoms with van der Waals surface area (Å²) in [6, 6.07) is 21.0. The molecule has 6 rings (SSSR count). The summed E-state index contributed by atoms with van der Waals surface area (Å²) >= 11 is 6.18. The number of para-hydroxylation sites is 2. The lowest BCUT2D eigenvalue weighted by Crippen LogP contribution is -2.36. The molecule has 0 spiro atoms. The van der Waals surface area contributed by atoms with Gasteiger partial charge in [0.1, 0.15) is 11.9 Å². The van der Waals surface area contributed by atoms with Gasteiger partial charge in [0.2, 0.25) is 5.91 Å². The van der Waals surface area contributed by atoms with Crippen molar-refractivity contribution in [1.29, 1.82) is 0 Å². The minimum Gasteiger partial charge on any atom is -0.453 e. The number of likely N-dealkylation sites (tertiary alicyclic amines) is 1. The highest BCUT2D eigenvalue weighted by molar-refractivity contribution is 6.30. The number of hydrogen-bond acceptors (Lipinski definition) is 4. The second-order valence-electron chi connectivity index (χ2n) is 12.8. The first-order valence-corrected chi connectivity index (χ1v) is 16.9. The molecule has 2 saturated heterocycles. The summed E-state index contributed by atoms with van der Waals surface area (Å²) in [6.45, 7) is 9.57. The van der Waals surface area contributed by atoms with E-state index in [0.717, 1.165) is 57.3 Å². The summed E-state index contributed by atoms with van der Waals surface area (Å²) in [5, 5.41) is 11.4. The Kier molecular flexibility index (Phi) is 10.3. The van der Waals surface area contributed by atoms with Gasteiger partial charge in [0.15, 0.2) is 11.6 Å². The van der Waals surface area contributed by atoms with Crippen molar-refractivity contribution in [3.05, 3.63) is 142 Å². The molecule has 0 aliphatic carbocycles. The lowest BCUT2D eigenvalue weighted by atomic mass is 9.90. The number of aliphatic hydroxyl groups is 1. The fraction of sp³-hybridized carbons (Fsp3) is 0.325. The number of nitrogens with zero attached hydrogens (tertiary/aromatic N) is 2. The van der Waals surface area contributed by atoms with Crippen LogP contribution >= 0.6 is 11.6 Å². The van der Waals surface area contributed by atoms with E-state index in [-0.39, 0.29) is 17.6 Å². The van der Waals surface area contributed by atoms with Gasteiger partial charge in [-0.2, -0.15) is 0 Å². The number of hydrogen-bond donors (Lipinski definition) is 1. The molecule has 5 nitrogen and oxygen atoms in total. The molecule has 2 fully saturated rings. The number of piperidine rings is 2. The molecule has 3 aliphatic rings. The fourth-order valence-corrected chi connectivity index (χ4v) is 6.90. The molecule has 1 amide bonds. The summed E-state index contributed by atoms with van der Waals surface area (Å²) in [5.41, 5.74) is 6.91. The summed E-state index contributed by atoms with van der Waals surface area (Å²) in [5.74, 6) is 0.222. The molecule has 0 saturated carbocycles. The molecule has 3 aromatic carbocycles. The normalized spacial score (nSPS) is 19.1. The van der Waals surface area contributed by atoms with Gasteiger partial charge in [0.05, 0.1) is 0 Å². The van der Waals surface area contributed by atoms with Crippen molar-refractivity contribution in [1.82, 2.24) is 4.90 Å². The van der Waals surface area contributed by atoms with E-state index in [1.807, 2.05) is 24.0 Å². The number of amides is 1. The van der Waals surface area contributed by atoms with Crippen molar-refractivity contribution in [2.45, 2.75) is 58.1 Å². The van der Waals surface area contributed by atoms with E-state index in [1.54, 1.807) is 18.2 Å². The zero-order chi connectivity index (χ0) is 32.9. The molecule has 244 valence electrons. The van der Waals surface area contributed by atoms with Gasteiger partial charge >= 0.3 is 0 Å². The Morgan fingerprint density at radius 2 is 1.81 bits per heavy atom. The molecule has 3 aliphatic heterocycles. The molecule has 1 unspecified atom stereocenters. The Labute approximate surface area is 282 Å². The van der Waals surface area contributed by atoms with Crippen LogP contribution in [0.15, 0.2) is 114 Å². The van der Waals surface area contributed by atoms with Crippen LogP contribution in [-0.4, -0.2) is 35.5 Å². The fourth-order valence-electron chi connectivity index (χ4n) is 6.77. The van der Waals surface area contributed by atoms with E-state index in [9.17, 15) is 14.3 Å². The quantitative estimate of drug-likeness (QED) is 0.185. The maximum atomic E-state index is 14.6. The van der Waals surface area contributed by atoms with Crippen LogP contribution in [0.3, 0.4) is 0 Å². The molecule has 7 heteroatoms. The van der Waals surface area contributed by atoms with Crippen molar-refractivity contribution >= 4 is 23.2 Å². The SMILES string of the molecule is C=C(C1=CC(O)c2cccc(F)c2O1)/C(C)=C\[C@@H](C=C1CCN(c2ccccc2CN2CCCCC2=O)CC1)Cc1ccc(Cl)cc1. The minimum atomic E-state index is -0.975. The summed E-state index contributed by atoms with van der Waals surface area (Å²) < 4.78 is 20.5. The monoisotopic (exact) mass is 652 g/mol. The smallest absolute Gasteiger partial charge is 0.222 e. The van der Waals surface area contributed by atoms with Gasteiger partial charge in [0.25, 0.3) is 0 Å². The third kappa shape index (κ3) is 7.89. The number of rotatable bonds is 9. The zero-order valence-corrected chi connectivity index (χ0v) is 27.7. The summed E-state index contributed by atoms with van der Waals surface area (Å²) in [7, 11) is 0. The molecule has 1 N–H and O–H groups in total. The highest BCUT2D eigenvalue weighted by atomic mass is 35.5. The van der Waals surface area contributed by atoms with E-state index in [2.05, 4.69) is 60.0 Å². The minimum absolute atomic E-state index is 0.0437. The number of fused-ring (bicyclic) bond motifs is 1. The molecule has 0 aromatic heterocycles. The Hall–Kier alpha value is -4.13. The van der Waals surface area contributed by atoms with E-state index in [1.165, 1.54) is 28.5 Å². The maximum Gasteiger partial charge on any atom is 0.222 e. The van der Waals surface area contributed by atoms with Crippen molar-refractivity contribution in [3.63, 3.8) is 0 Å². The van der Waals surface area contributed by atoms with Gasteiger partial charge < -0.3 is 19.6 Å². The van der Waals surface area contributed by atoms with E-state index in [0.29, 0.717) is 34.9 Å². The second kappa shape index (κ2) is 14.7. The number of anilines is 1. The summed E-state index contributed by atoms with van der Waals surface area (Å²) in [6.07, 6.45) is 10.6. The number of halogens is 2. The number of allylic oxidation sites excluding steroid dienone is 3. The van der Waals surface area contributed by atoms with E-state index in [4.69, 9.17) is 16.3 Å². The highest BCUT2D eigenvalue weighted by Gasteiger charge is 2.26.